The van der Waals surface area contributed by atoms with Crippen molar-refractivity contribution in [3.05, 3.63) is 45.3 Å². The van der Waals surface area contributed by atoms with E-state index in [0.717, 1.165) is 17.7 Å². The minimum absolute atomic E-state index is 0.0910. The molecule has 2 heterocycles. The van der Waals surface area contributed by atoms with E-state index in [4.69, 9.17) is 5.73 Å². The van der Waals surface area contributed by atoms with E-state index in [1.807, 2.05) is 30.0 Å². The van der Waals surface area contributed by atoms with Crippen LogP contribution in [0.1, 0.15) is 11.5 Å². The molecule has 0 bridgehead atoms. The molecule has 2 unspecified atom stereocenters. The average molecular weight is 321 g/mol. The van der Waals surface area contributed by atoms with Crippen LogP contribution in [0.4, 0.5) is 0 Å². The van der Waals surface area contributed by atoms with Gasteiger partial charge in [-0.2, -0.15) is 27.1 Å². The second-order valence-electron chi connectivity index (χ2n) is 5.95. The van der Waals surface area contributed by atoms with Crippen LogP contribution in [0.2, 0.25) is 0 Å². The lowest BCUT2D eigenvalue weighted by molar-refractivity contribution is 0.238. The van der Waals surface area contributed by atoms with Crippen LogP contribution < -0.4 is 5.73 Å². The van der Waals surface area contributed by atoms with Crippen molar-refractivity contribution < 1.29 is 0 Å². The van der Waals surface area contributed by atoms with Crippen molar-refractivity contribution in [2.75, 3.05) is 20.1 Å². The fraction of sp³-hybridized carbons (Fsp3) is 0.353. The molecule has 2 atom stereocenters. The molecule has 1 aliphatic heterocycles. The van der Waals surface area contributed by atoms with Gasteiger partial charge in [0.1, 0.15) is 6.07 Å². The molecule has 0 fully saturated rings. The van der Waals surface area contributed by atoms with Crippen LogP contribution in [0.3, 0.4) is 0 Å². The summed E-state index contributed by atoms with van der Waals surface area (Å²) >= 11 is 1.53. The van der Waals surface area contributed by atoms with Gasteiger partial charge in [0.15, 0.2) is 5.41 Å². The Balaban J connectivity index is 2.33. The van der Waals surface area contributed by atoms with Gasteiger partial charge >= 0.3 is 0 Å². The standard InChI is InChI=1S/C17H15N5S/c1-22-4-2-12-13(6-18)16(21)17(9-19,10-20)15(14(12)7-22)11-3-5-23-8-11/h2-3,5,8,14-15H,4,7,21H2,1H3. The Morgan fingerprint density at radius 2 is 2.09 bits per heavy atom. The second kappa shape index (κ2) is 5.56. The third-order valence-corrected chi connectivity index (χ3v) is 5.45. The monoisotopic (exact) mass is 321 g/mol. The van der Waals surface area contributed by atoms with Gasteiger partial charge in [-0.3, -0.25) is 0 Å². The minimum atomic E-state index is -1.51. The van der Waals surface area contributed by atoms with Crippen molar-refractivity contribution in [2.24, 2.45) is 17.1 Å². The summed E-state index contributed by atoms with van der Waals surface area (Å²) in [5, 5.41) is 33.1. The summed E-state index contributed by atoms with van der Waals surface area (Å²) in [5.41, 5.74) is 6.89. The van der Waals surface area contributed by atoms with Crippen LogP contribution in [-0.2, 0) is 0 Å². The molecule has 1 aliphatic carbocycles. The van der Waals surface area contributed by atoms with Crippen LogP contribution in [-0.4, -0.2) is 25.0 Å². The fourth-order valence-electron chi connectivity index (χ4n) is 3.65. The summed E-state index contributed by atoms with van der Waals surface area (Å²) in [4.78, 5) is 2.13. The second-order valence-corrected chi connectivity index (χ2v) is 6.73. The van der Waals surface area contributed by atoms with Crippen molar-refractivity contribution in [1.29, 1.82) is 15.8 Å². The summed E-state index contributed by atoms with van der Waals surface area (Å²) in [6, 6.07) is 8.33. The lowest BCUT2D eigenvalue weighted by atomic mass is 9.58. The quantitative estimate of drug-likeness (QED) is 0.853. The van der Waals surface area contributed by atoms with Crippen molar-refractivity contribution in [1.82, 2.24) is 4.90 Å². The maximum absolute atomic E-state index is 9.82. The largest absolute Gasteiger partial charge is 0.399 e. The first-order valence-electron chi connectivity index (χ1n) is 7.23. The van der Waals surface area contributed by atoms with E-state index >= 15 is 0 Å². The average Bonchev–Trinajstić information content (AvgIpc) is 3.08. The van der Waals surface area contributed by atoms with Gasteiger partial charge in [-0.1, -0.05) is 6.08 Å². The van der Waals surface area contributed by atoms with E-state index in [1.54, 1.807) is 0 Å². The first kappa shape index (κ1) is 15.3. The molecule has 0 saturated heterocycles. The highest BCUT2D eigenvalue weighted by molar-refractivity contribution is 7.08. The molecular formula is C17H15N5S. The van der Waals surface area contributed by atoms with Crippen LogP contribution in [0.15, 0.2) is 39.7 Å². The van der Waals surface area contributed by atoms with Crippen LogP contribution in [0, 0.1) is 45.3 Å². The number of nitrogens with two attached hydrogens (primary N) is 1. The molecule has 0 spiro atoms. The molecule has 114 valence electrons. The molecule has 0 saturated carbocycles. The Kier molecular flexibility index (Phi) is 3.70. The van der Waals surface area contributed by atoms with Gasteiger partial charge in [0.25, 0.3) is 0 Å². The summed E-state index contributed by atoms with van der Waals surface area (Å²) in [6.07, 6.45) is 2.00. The normalized spacial score (nSPS) is 26.4. The maximum Gasteiger partial charge on any atom is 0.191 e. The summed E-state index contributed by atoms with van der Waals surface area (Å²) < 4.78 is 0. The zero-order chi connectivity index (χ0) is 16.6. The van der Waals surface area contributed by atoms with E-state index in [1.165, 1.54) is 11.3 Å². The van der Waals surface area contributed by atoms with E-state index in [9.17, 15) is 15.8 Å². The zero-order valence-electron chi connectivity index (χ0n) is 12.7. The van der Waals surface area contributed by atoms with E-state index in [0.29, 0.717) is 12.1 Å². The van der Waals surface area contributed by atoms with Gasteiger partial charge in [0, 0.05) is 24.9 Å². The summed E-state index contributed by atoms with van der Waals surface area (Å²) in [6.45, 7) is 1.42. The van der Waals surface area contributed by atoms with Gasteiger partial charge in [-0.05, 0) is 35.0 Å². The van der Waals surface area contributed by atoms with Gasteiger partial charge < -0.3 is 10.6 Å². The first-order valence-corrected chi connectivity index (χ1v) is 8.17. The molecule has 1 aromatic rings. The minimum Gasteiger partial charge on any atom is -0.399 e. The molecular weight excluding hydrogens is 306 g/mol. The number of fused-ring (bicyclic) bond motifs is 1. The number of hydrogen-bond donors (Lipinski definition) is 1. The fourth-order valence-corrected chi connectivity index (χ4v) is 4.35. The number of thiophene rings is 1. The van der Waals surface area contributed by atoms with E-state index < -0.39 is 5.41 Å². The van der Waals surface area contributed by atoms with Crippen molar-refractivity contribution >= 4 is 11.3 Å². The lowest BCUT2D eigenvalue weighted by Gasteiger charge is -2.44. The van der Waals surface area contributed by atoms with Crippen LogP contribution >= 0.6 is 11.3 Å². The first-order chi connectivity index (χ1) is 11.1. The predicted molar refractivity (Wildman–Crippen MR) is 86.6 cm³/mol. The van der Waals surface area contributed by atoms with Gasteiger partial charge in [0.2, 0.25) is 0 Å². The Bertz CT molecular complexity index is 799. The van der Waals surface area contributed by atoms with Gasteiger partial charge in [-0.15, -0.1) is 0 Å². The Hall–Kier alpha value is -2.59. The van der Waals surface area contributed by atoms with E-state index in [2.05, 4.69) is 23.1 Å². The molecule has 0 aromatic carbocycles. The topological polar surface area (TPSA) is 101 Å². The molecule has 23 heavy (non-hydrogen) atoms. The van der Waals surface area contributed by atoms with Crippen molar-refractivity contribution in [2.45, 2.75) is 5.92 Å². The Morgan fingerprint density at radius 3 is 2.65 bits per heavy atom. The smallest absolute Gasteiger partial charge is 0.191 e. The molecule has 2 aliphatic rings. The van der Waals surface area contributed by atoms with E-state index in [-0.39, 0.29) is 17.5 Å². The maximum atomic E-state index is 9.82. The lowest BCUT2D eigenvalue weighted by Crippen LogP contribution is -2.47. The number of likely N-dealkylation sites (N-methyl/N-ethyl adjacent to an activating group) is 1. The number of rotatable bonds is 1. The summed E-state index contributed by atoms with van der Waals surface area (Å²) in [5.74, 6) is -0.459. The summed E-state index contributed by atoms with van der Waals surface area (Å²) in [7, 11) is 1.99. The highest BCUT2D eigenvalue weighted by atomic mass is 32.1. The molecule has 0 radical (unpaired) electrons. The highest BCUT2D eigenvalue weighted by Gasteiger charge is 2.54. The molecule has 1 aromatic heterocycles. The Morgan fingerprint density at radius 1 is 1.35 bits per heavy atom. The number of nitrogens with zero attached hydrogens (tertiary/aromatic N) is 4. The third-order valence-electron chi connectivity index (χ3n) is 4.75. The number of allylic oxidation sites excluding steroid dienone is 2. The van der Waals surface area contributed by atoms with Gasteiger partial charge in [0.05, 0.1) is 23.4 Å². The van der Waals surface area contributed by atoms with Crippen LogP contribution in [0.5, 0.6) is 0 Å². The molecule has 5 nitrogen and oxygen atoms in total. The number of hydrogen-bond acceptors (Lipinski definition) is 6. The molecule has 0 amide bonds. The SMILES string of the molecule is CN1CC=C2C(C#N)=C(N)C(C#N)(C#N)C(c3ccsc3)C2C1. The van der Waals surface area contributed by atoms with Gasteiger partial charge in [-0.25, -0.2) is 0 Å². The molecule has 6 heteroatoms. The molecule has 2 N–H and O–H groups in total. The predicted octanol–water partition coefficient (Wildman–Crippen LogP) is 2.10. The van der Waals surface area contributed by atoms with Crippen molar-refractivity contribution in [3.8, 4) is 18.2 Å². The zero-order valence-corrected chi connectivity index (χ0v) is 13.5. The number of nitriles is 3. The molecule has 3 rings (SSSR count). The highest BCUT2D eigenvalue weighted by Crippen LogP contribution is 2.54. The third kappa shape index (κ3) is 2.06. The van der Waals surface area contributed by atoms with Crippen molar-refractivity contribution in [3.63, 3.8) is 0 Å². The Labute approximate surface area is 139 Å². The van der Waals surface area contributed by atoms with Crippen LogP contribution in [0.25, 0.3) is 0 Å².